The summed E-state index contributed by atoms with van der Waals surface area (Å²) in [5.74, 6) is 0. The Morgan fingerprint density at radius 3 is 2.43 bits per heavy atom. The predicted octanol–water partition coefficient (Wildman–Crippen LogP) is 1.62. The molecule has 0 saturated heterocycles. The van der Waals surface area contributed by atoms with Gasteiger partial charge < -0.3 is 19.7 Å². The van der Waals surface area contributed by atoms with Crippen molar-refractivity contribution in [2.24, 2.45) is 0 Å². The third-order valence-corrected chi connectivity index (χ3v) is 1.07. The van der Waals surface area contributed by atoms with Crippen LogP contribution in [-0.4, -0.2) is 36.6 Å². The minimum atomic E-state index is 0.108. The van der Waals surface area contributed by atoms with Crippen molar-refractivity contribution in [2.75, 3.05) is 26.4 Å². The molecule has 14 heavy (non-hydrogen) atoms. The summed E-state index contributed by atoms with van der Waals surface area (Å²) in [4.78, 5) is 0. The van der Waals surface area contributed by atoms with Crippen LogP contribution in [0.3, 0.4) is 0 Å². The van der Waals surface area contributed by atoms with E-state index < -0.39 is 0 Å². The van der Waals surface area contributed by atoms with Crippen LogP contribution in [-0.2, 0) is 9.47 Å². The van der Waals surface area contributed by atoms with Gasteiger partial charge in [0, 0.05) is 13.2 Å². The largest absolute Gasteiger partial charge is 0.516 e. The SMILES string of the molecule is C=COCCOCC.OC=CCCO. The molecule has 4 heteroatoms. The number of ether oxygens (including phenoxy) is 2. The summed E-state index contributed by atoms with van der Waals surface area (Å²) in [5, 5.41) is 15.9. The third-order valence-electron chi connectivity index (χ3n) is 1.07. The van der Waals surface area contributed by atoms with Crippen LogP contribution in [0.5, 0.6) is 0 Å². The molecule has 0 amide bonds. The molecule has 0 rings (SSSR count). The summed E-state index contributed by atoms with van der Waals surface area (Å²) in [6.07, 6.45) is 4.37. The minimum absolute atomic E-state index is 0.108. The Labute approximate surface area is 85.5 Å². The quantitative estimate of drug-likeness (QED) is 0.488. The van der Waals surface area contributed by atoms with E-state index in [0.29, 0.717) is 19.6 Å². The van der Waals surface area contributed by atoms with Gasteiger partial charge in [-0.3, -0.25) is 0 Å². The number of rotatable bonds is 7. The first-order valence-corrected chi connectivity index (χ1v) is 4.53. The maximum absolute atomic E-state index is 8.04. The number of hydrogen-bond acceptors (Lipinski definition) is 4. The van der Waals surface area contributed by atoms with Crippen LogP contribution in [0, 0.1) is 0 Å². The molecule has 0 heterocycles. The predicted molar refractivity (Wildman–Crippen MR) is 56.1 cm³/mol. The molecule has 84 valence electrons. The highest BCUT2D eigenvalue weighted by atomic mass is 16.5. The number of aliphatic hydroxyl groups is 2. The van der Waals surface area contributed by atoms with Gasteiger partial charge in [0.2, 0.25) is 0 Å². The molecule has 0 aliphatic rings. The van der Waals surface area contributed by atoms with Gasteiger partial charge in [0.1, 0.15) is 6.61 Å². The van der Waals surface area contributed by atoms with E-state index in [-0.39, 0.29) is 6.61 Å². The van der Waals surface area contributed by atoms with Crippen LogP contribution in [0.15, 0.2) is 25.2 Å². The third kappa shape index (κ3) is 22.4. The van der Waals surface area contributed by atoms with E-state index in [0.717, 1.165) is 12.9 Å². The summed E-state index contributed by atoms with van der Waals surface area (Å²) in [7, 11) is 0. The van der Waals surface area contributed by atoms with Gasteiger partial charge in [-0.1, -0.05) is 6.58 Å². The van der Waals surface area contributed by atoms with Crippen LogP contribution in [0.1, 0.15) is 13.3 Å². The molecular formula is C10H20O4. The van der Waals surface area contributed by atoms with E-state index >= 15 is 0 Å². The Morgan fingerprint density at radius 1 is 1.36 bits per heavy atom. The highest BCUT2D eigenvalue weighted by molar-refractivity contribution is 4.69. The smallest absolute Gasteiger partial charge is 0.111 e. The maximum atomic E-state index is 8.04. The summed E-state index contributed by atoms with van der Waals surface area (Å²) >= 11 is 0. The average Bonchev–Trinajstić information content (AvgIpc) is 2.22. The zero-order valence-corrected chi connectivity index (χ0v) is 8.69. The molecule has 4 nitrogen and oxygen atoms in total. The van der Waals surface area contributed by atoms with E-state index in [2.05, 4.69) is 6.58 Å². The first-order valence-electron chi connectivity index (χ1n) is 4.53. The minimum Gasteiger partial charge on any atom is -0.516 e. The van der Waals surface area contributed by atoms with Crippen molar-refractivity contribution in [3.05, 3.63) is 25.2 Å². The second kappa shape index (κ2) is 17.9. The highest BCUT2D eigenvalue weighted by Gasteiger charge is 1.79. The monoisotopic (exact) mass is 204 g/mol. The molecule has 0 aliphatic heterocycles. The van der Waals surface area contributed by atoms with Gasteiger partial charge in [-0.15, -0.1) is 0 Å². The van der Waals surface area contributed by atoms with Crippen LogP contribution in [0.2, 0.25) is 0 Å². The summed E-state index contributed by atoms with van der Waals surface area (Å²) in [6.45, 7) is 7.46. The topological polar surface area (TPSA) is 58.9 Å². The van der Waals surface area contributed by atoms with Gasteiger partial charge in [0.15, 0.2) is 0 Å². The molecule has 0 aliphatic carbocycles. The molecule has 0 radical (unpaired) electrons. The molecule has 0 aromatic heterocycles. The zero-order valence-electron chi connectivity index (χ0n) is 8.69. The normalized spacial score (nSPS) is 9.29. The summed E-state index contributed by atoms with van der Waals surface area (Å²) in [5.41, 5.74) is 0. The molecular weight excluding hydrogens is 184 g/mol. The van der Waals surface area contributed by atoms with Gasteiger partial charge in [0.25, 0.3) is 0 Å². The Balaban J connectivity index is 0. The van der Waals surface area contributed by atoms with Crippen molar-refractivity contribution in [1.82, 2.24) is 0 Å². The van der Waals surface area contributed by atoms with E-state index in [1.807, 2.05) is 6.92 Å². The fourth-order valence-corrected chi connectivity index (χ4v) is 0.484. The number of aliphatic hydroxyl groups excluding tert-OH is 2. The van der Waals surface area contributed by atoms with Crippen molar-refractivity contribution in [2.45, 2.75) is 13.3 Å². The maximum Gasteiger partial charge on any atom is 0.111 e. The first kappa shape index (κ1) is 15.5. The highest BCUT2D eigenvalue weighted by Crippen LogP contribution is 1.76. The molecule has 0 unspecified atom stereocenters. The molecule has 0 aromatic carbocycles. The molecule has 0 atom stereocenters. The van der Waals surface area contributed by atoms with Gasteiger partial charge in [-0.2, -0.15) is 0 Å². The lowest BCUT2D eigenvalue weighted by Gasteiger charge is -1.98. The van der Waals surface area contributed by atoms with Gasteiger partial charge in [-0.05, 0) is 19.4 Å². The van der Waals surface area contributed by atoms with Crippen molar-refractivity contribution in [1.29, 1.82) is 0 Å². The van der Waals surface area contributed by atoms with Crippen molar-refractivity contribution in [3.63, 3.8) is 0 Å². The van der Waals surface area contributed by atoms with Crippen molar-refractivity contribution >= 4 is 0 Å². The van der Waals surface area contributed by atoms with Gasteiger partial charge in [0.05, 0.1) is 19.1 Å². The van der Waals surface area contributed by atoms with Gasteiger partial charge in [-0.25, -0.2) is 0 Å². The second-order valence-electron chi connectivity index (χ2n) is 2.13. The Hall–Kier alpha value is -1.00. The van der Waals surface area contributed by atoms with Crippen LogP contribution in [0.4, 0.5) is 0 Å². The standard InChI is InChI=1S/C6H12O2.C4H8O2/c1-3-7-5-6-8-4-2;5-3-1-2-4-6/h3H,1,4-6H2,2H3;1,3,5-6H,2,4H2. The van der Waals surface area contributed by atoms with Crippen LogP contribution >= 0.6 is 0 Å². The molecule has 0 bridgehead atoms. The van der Waals surface area contributed by atoms with E-state index in [1.165, 1.54) is 12.3 Å². The Bertz CT molecular complexity index is 123. The van der Waals surface area contributed by atoms with Crippen LogP contribution in [0.25, 0.3) is 0 Å². The summed E-state index contributed by atoms with van der Waals surface area (Å²) in [6, 6.07) is 0. The fraction of sp³-hybridized carbons (Fsp3) is 0.600. The lowest BCUT2D eigenvalue weighted by atomic mass is 10.5. The van der Waals surface area contributed by atoms with E-state index in [4.69, 9.17) is 19.7 Å². The lowest BCUT2D eigenvalue weighted by molar-refractivity contribution is 0.0935. The van der Waals surface area contributed by atoms with Gasteiger partial charge >= 0.3 is 0 Å². The van der Waals surface area contributed by atoms with Crippen LogP contribution < -0.4 is 0 Å². The lowest BCUT2D eigenvalue weighted by Crippen LogP contribution is -1.99. The molecule has 0 fully saturated rings. The van der Waals surface area contributed by atoms with E-state index in [9.17, 15) is 0 Å². The Kier molecular flexibility index (Phi) is 19.8. The molecule has 0 saturated carbocycles. The molecule has 0 spiro atoms. The summed E-state index contributed by atoms with van der Waals surface area (Å²) < 4.78 is 9.74. The van der Waals surface area contributed by atoms with E-state index in [1.54, 1.807) is 0 Å². The zero-order chi connectivity index (χ0) is 11.1. The number of hydrogen-bond donors (Lipinski definition) is 2. The first-order chi connectivity index (χ1) is 6.83. The average molecular weight is 204 g/mol. The van der Waals surface area contributed by atoms with Crippen molar-refractivity contribution in [3.8, 4) is 0 Å². The van der Waals surface area contributed by atoms with Crippen molar-refractivity contribution < 1.29 is 19.7 Å². The fourth-order valence-electron chi connectivity index (χ4n) is 0.484. The molecule has 2 N–H and O–H groups in total. The Morgan fingerprint density at radius 2 is 2.07 bits per heavy atom. The second-order valence-corrected chi connectivity index (χ2v) is 2.13. The molecule has 0 aromatic rings.